The lowest BCUT2D eigenvalue weighted by Gasteiger charge is -2.06. The van der Waals surface area contributed by atoms with Gasteiger partial charge in [0.1, 0.15) is 17.4 Å². The molecule has 0 radical (unpaired) electrons. The Morgan fingerprint density at radius 1 is 1.00 bits per heavy atom. The van der Waals surface area contributed by atoms with Crippen molar-refractivity contribution in [3.63, 3.8) is 0 Å². The van der Waals surface area contributed by atoms with Crippen molar-refractivity contribution in [3.05, 3.63) is 60.3 Å². The molecular formula is C15H9N3O. The minimum Gasteiger partial charge on any atom is -0.437 e. The molecule has 0 aliphatic carbocycles. The molecule has 0 saturated heterocycles. The van der Waals surface area contributed by atoms with Gasteiger partial charge in [0.2, 0.25) is 0 Å². The molecule has 0 aliphatic heterocycles. The first-order valence-corrected chi connectivity index (χ1v) is 5.75. The Kier molecular flexibility index (Phi) is 2.79. The first-order chi connectivity index (χ1) is 9.36. The first-order valence-electron chi connectivity index (χ1n) is 5.75. The van der Waals surface area contributed by atoms with Crippen LogP contribution in [0.25, 0.3) is 10.8 Å². The Bertz CT molecular complexity index is 777. The summed E-state index contributed by atoms with van der Waals surface area (Å²) in [5.74, 6) is 0.857. The molecule has 0 saturated carbocycles. The van der Waals surface area contributed by atoms with Crippen LogP contribution >= 0.6 is 0 Å². The van der Waals surface area contributed by atoms with E-state index in [1.54, 1.807) is 6.07 Å². The van der Waals surface area contributed by atoms with Crippen LogP contribution in [0.15, 0.2) is 54.7 Å². The molecule has 0 fully saturated rings. The smallest absolute Gasteiger partial charge is 0.256 e. The van der Waals surface area contributed by atoms with E-state index in [2.05, 4.69) is 10.2 Å². The van der Waals surface area contributed by atoms with Gasteiger partial charge >= 0.3 is 0 Å². The standard InChI is InChI=1S/C15H9N3O/c16-10-13-7-8-17-18-15(13)19-14-6-5-11-3-1-2-4-12(11)9-14/h1-9H. The maximum atomic E-state index is 8.97. The molecule has 0 atom stereocenters. The van der Waals surface area contributed by atoms with Crippen molar-refractivity contribution in [3.8, 4) is 17.7 Å². The van der Waals surface area contributed by atoms with Crippen molar-refractivity contribution < 1.29 is 4.74 Å². The summed E-state index contributed by atoms with van der Waals surface area (Å²) >= 11 is 0. The second-order valence-corrected chi connectivity index (χ2v) is 3.97. The van der Waals surface area contributed by atoms with Crippen molar-refractivity contribution in [1.29, 1.82) is 5.26 Å². The average Bonchev–Trinajstić information content (AvgIpc) is 2.48. The second-order valence-electron chi connectivity index (χ2n) is 3.97. The number of benzene rings is 2. The molecular weight excluding hydrogens is 238 g/mol. The lowest BCUT2D eigenvalue weighted by Crippen LogP contribution is -1.93. The fourth-order valence-electron chi connectivity index (χ4n) is 1.82. The molecule has 3 rings (SSSR count). The van der Waals surface area contributed by atoms with E-state index in [1.807, 2.05) is 48.5 Å². The largest absolute Gasteiger partial charge is 0.437 e. The summed E-state index contributed by atoms with van der Waals surface area (Å²) in [5.41, 5.74) is 0.364. The van der Waals surface area contributed by atoms with Gasteiger partial charge in [0, 0.05) is 0 Å². The van der Waals surface area contributed by atoms with Crippen LogP contribution in [0, 0.1) is 11.3 Å². The van der Waals surface area contributed by atoms with E-state index < -0.39 is 0 Å². The summed E-state index contributed by atoms with van der Waals surface area (Å²) in [7, 11) is 0. The van der Waals surface area contributed by atoms with E-state index in [-0.39, 0.29) is 5.88 Å². The zero-order chi connectivity index (χ0) is 13.1. The van der Waals surface area contributed by atoms with Gasteiger partial charge in [-0.3, -0.25) is 0 Å². The van der Waals surface area contributed by atoms with E-state index in [0.29, 0.717) is 11.3 Å². The van der Waals surface area contributed by atoms with Gasteiger partial charge in [-0.05, 0) is 29.0 Å². The summed E-state index contributed by atoms with van der Waals surface area (Å²) in [5, 5.41) is 18.7. The minimum atomic E-state index is 0.222. The van der Waals surface area contributed by atoms with E-state index in [9.17, 15) is 0 Å². The van der Waals surface area contributed by atoms with E-state index >= 15 is 0 Å². The molecule has 2 aromatic carbocycles. The van der Waals surface area contributed by atoms with Crippen LogP contribution in [0.5, 0.6) is 11.6 Å². The van der Waals surface area contributed by atoms with Gasteiger partial charge in [-0.25, -0.2) is 0 Å². The van der Waals surface area contributed by atoms with Crippen LogP contribution in [0.4, 0.5) is 0 Å². The summed E-state index contributed by atoms with van der Waals surface area (Å²) in [6, 6.07) is 17.3. The molecule has 0 spiro atoms. The van der Waals surface area contributed by atoms with Gasteiger partial charge in [0.15, 0.2) is 0 Å². The fraction of sp³-hybridized carbons (Fsp3) is 0. The minimum absolute atomic E-state index is 0.222. The summed E-state index contributed by atoms with van der Waals surface area (Å²) in [6.07, 6.45) is 1.46. The van der Waals surface area contributed by atoms with Crippen molar-refractivity contribution >= 4 is 10.8 Å². The van der Waals surface area contributed by atoms with Gasteiger partial charge in [-0.1, -0.05) is 30.3 Å². The maximum Gasteiger partial charge on any atom is 0.256 e. The Morgan fingerprint density at radius 3 is 2.68 bits per heavy atom. The molecule has 0 aliphatic rings. The van der Waals surface area contributed by atoms with Crippen LogP contribution in [-0.2, 0) is 0 Å². The Hall–Kier alpha value is -2.93. The molecule has 0 bridgehead atoms. The highest BCUT2D eigenvalue weighted by Crippen LogP contribution is 2.25. The van der Waals surface area contributed by atoms with Gasteiger partial charge in [0.05, 0.1) is 6.20 Å². The summed E-state index contributed by atoms with van der Waals surface area (Å²) in [6.45, 7) is 0. The lowest BCUT2D eigenvalue weighted by molar-refractivity contribution is 0.454. The highest BCUT2D eigenvalue weighted by Gasteiger charge is 2.06. The number of aromatic nitrogens is 2. The number of hydrogen-bond acceptors (Lipinski definition) is 4. The van der Waals surface area contributed by atoms with E-state index in [4.69, 9.17) is 10.00 Å². The molecule has 90 valence electrons. The predicted molar refractivity (Wildman–Crippen MR) is 70.8 cm³/mol. The molecule has 1 heterocycles. The van der Waals surface area contributed by atoms with Crippen LogP contribution < -0.4 is 4.74 Å². The second kappa shape index (κ2) is 4.75. The number of hydrogen-bond donors (Lipinski definition) is 0. The maximum absolute atomic E-state index is 8.97. The third-order valence-corrected chi connectivity index (χ3v) is 2.74. The molecule has 0 N–H and O–H groups in total. The number of ether oxygens (including phenoxy) is 1. The van der Waals surface area contributed by atoms with Crippen molar-refractivity contribution in [2.75, 3.05) is 0 Å². The average molecular weight is 247 g/mol. The van der Waals surface area contributed by atoms with E-state index in [1.165, 1.54) is 6.20 Å². The van der Waals surface area contributed by atoms with Gasteiger partial charge in [-0.2, -0.15) is 10.4 Å². The fourth-order valence-corrected chi connectivity index (χ4v) is 1.82. The van der Waals surface area contributed by atoms with Crippen LogP contribution in [0.1, 0.15) is 5.56 Å². The molecule has 1 aromatic heterocycles. The van der Waals surface area contributed by atoms with Crippen LogP contribution in [0.3, 0.4) is 0 Å². The summed E-state index contributed by atoms with van der Waals surface area (Å²) in [4.78, 5) is 0. The van der Waals surface area contributed by atoms with Gasteiger partial charge < -0.3 is 4.74 Å². The normalized spacial score (nSPS) is 10.1. The summed E-state index contributed by atoms with van der Waals surface area (Å²) < 4.78 is 5.61. The zero-order valence-corrected chi connectivity index (χ0v) is 9.95. The number of nitrogens with zero attached hydrogens (tertiary/aromatic N) is 3. The molecule has 0 amide bonds. The van der Waals surface area contributed by atoms with Crippen LogP contribution in [-0.4, -0.2) is 10.2 Å². The van der Waals surface area contributed by atoms with Crippen molar-refractivity contribution in [2.24, 2.45) is 0 Å². The topological polar surface area (TPSA) is 58.8 Å². The highest BCUT2D eigenvalue weighted by atomic mass is 16.5. The lowest BCUT2D eigenvalue weighted by atomic mass is 10.1. The molecule has 3 aromatic rings. The third kappa shape index (κ3) is 2.22. The highest BCUT2D eigenvalue weighted by molar-refractivity contribution is 5.83. The van der Waals surface area contributed by atoms with Crippen molar-refractivity contribution in [2.45, 2.75) is 0 Å². The molecule has 4 nitrogen and oxygen atoms in total. The monoisotopic (exact) mass is 247 g/mol. The molecule has 0 unspecified atom stereocenters. The molecule has 19 heavy (non-hydrogen) atoms. The number of rotatable bonds is 2. The Morgan fingerprint density at radius 2 is 1.84 bits per heavy atom. The Balaban J connectivity index is 1.99. The van der Waals surface area contributed by atoms with Crippen molar-refractivity contribution in [1.82, 2.24) is 10.2 Å². The SMILES string of the molecule is N#Cc1ccnnc1Oc1ccc2ccccc2c1. The number of nitriles is 1. The quantitative estimate of drug-likeness (QED) is 0.697. The molecule has 4 heteroatoms. The van der Waals surface area contributed by atoms with E-state index in [0.717, 1.165) is 10.8 Å². The van der Waals surface area contributed by atoms with Crippen LogP contribution in [0.2, 0.25) is 0 Å². The first kappa shape index (κ1) is 11.2. The zero-order valence-electron chi connectivity index (χ0n) is 9.95. The predicted octanol–water partition coefficient (Wildman–Crippen LogP) is 3.29. The number of fused-ring (bicyclic) bond motifs is 1. The van der Waals surface area contributed by atoms with Gasteiger partial charge in [0.25, 0.3) is 5.88 Å². The third-order valence-electron chi connectivity index (χ3n) is 2.74. The van der Waals surface area contributed by atoms with Gasteiger partial charge in [-0.15, -0.1) is 5.10 Å². The Labute approximate surface area is 109 Å².